The summed E-state index contributed by atoms with van der Waals surface area (Å²) in [5.74, 6) is 2.21. The van der Waals surface area contributed by atoms with Crippen molar-refractivity contribution in [2.75, 3.05) is 0 Å². The SMILES string of the molecule is C.CCCC1CCCCC1.CCCCC1CCCCC1. The van der Waals surface area contributed by atoms with E-state index in [1.54, 1.807) is 0 Å². The molecule has 2 rings (SSSR count). The molecule has 0 amide bonds. The Labute approximate surface area is 130 Å². The molecule has 0 aromatic rings. The normalized spacial score (nSPS) is 20.7. The summed E-state index contributed by atoms with van der Waals surface area (Å²) in [7, 11) is 0. The van der Waals surface area contributed by atoms with E-state index in [4.69, 9.17) is 0 Å². The quantitative estimate of drug-likeness (QED) is 0.483. The van der Waals surface area contributed by atoms with Gasteiger partial charge in [-0.1, -0.05) is 118 Å². The van der Waals surface area contributed by atoms with Gasteiger partial charge >= 0.3 is 0 Å². The van der Waals surface area contributed by atoms with E-state index in [2.05, 4.69) is 13.8 Å². The molecule has 20 heavy (non-hydrogen) atoms. The Morgan fingerprint density at radius 1 is 0.600 bits per heavy atom. The van der Waals surface area contributed by atoms with Gasteiger partial charge in [-0.05, 0) is 11.8 Å². The lowest BCUT2D eigenvalue weighted by atomic mass is 9.86. The highest BCUT2D eigenvalue weighted by Crippen LogP contribution is 2.27. The van der Waals surface area contributed by atoms with Crippen LogP contribution in [0.4, 0.5) is 0 Å². The standard InChI is InChI=1S/C10H20.C9H18.CH4/c1-2-3-7-10-8-5-4-6-9-10;1-2-6-9-7-4-3-5-8-9;/h10H,2-9H2,1H3;9H,2-8H2,1H3;1H4. The summed E-state index contributed by atoms with van der Waals surface area (Å²) in [6.07, 6.45) is 22.4. The van der Waals surface area contributed by atoms with Crippen LogP contribution in [0.3, 0.4) is 0 Å². The maximum Gasteiger partial charge on any atom is -0.0414 e. The summed E-state index contributed by atoms with van der Waals surface area (Å²) in [6.45, 7) is 4.59. The summed E-state index contributed by atoms with van der Waals surface area (Å²) >= 11 is 0. The van der Waals surface area contributed by atoms with Gasteiger partial charge in [0.15, 0.2) is 0 Å². The van der Waals surface area contributed by atoms with Crippen LogP contribution >= 0.6 is 0 Å². The largest absolute Gasteiger partial charge is 0.0776 e. The van der Waals surface area contributed by atoms with Crippen molar-refractivity contribution in [3.63, 3.8) is 0 Å². The highest BCUT2D eigenvalue weighted by molar-refractivity contribution is 4.65. The second kappa shape index (κ2) is 14.0. The monoisotopic (exact) mass is 282 g/mol. The number of hydrogen-bond acceptors (Lipinski definition) is 0. The van der Waals surface area contributed by atoms with Crippen LogP contribution in [-0.2, 0) is 0 Å². The van der Waals surface area contributed by atoms with Gasteiger partial charge in [-0.25, -0.2) is 0 Å². The lowest BCUT2D eigenvalue weighted by molar-refractivity contribution is 0.331. The van der Waals surface area contributed by atoms with Crippen LogP contribution in [0.5, 0.6) is 0 Å². The third kappa shape index (κ3) is 9.83. The molecule has 0 nitrogen and oxygen atoms in total. The average molecular weight is 283 g/mol. The first-order valence-corrected chi connectivity index (χ1v) is 9.36. The average Bonchev–Trinajstić information content (AvgIpc) is 2.48. The fourth-order valence-electron chi connectivity index (χ4n) is 3.85. The maximum atomic E-state index is 2.30. The van der Waals surface area contributed by atoms with Crippen molar-refractivity contribution in [1.82, 2.24) is 0 Å². The Kier molecular flexibility index (Phi) is 14.0. The molecule has 0 saturated heterocycles. The van der Waals surface area contributed by atoms with Crippen LogP contribution in [0.15, 0.2) is 0 Å². The molecule has 2 saturated carbocycles. The molecule has 2 aliphatic carbocycles. The van der Waals surface area contributed by atoms with Gasteiger partial charge in [-0.3, -0.25) is 0 Å². The van der Waals surface area contributed by atoms with Crippen LogP contribution in [0.2, 0.25) is 0 Å². The molecule has 0 aromatic carbocycles. The minimum Gasteiger partial charge on any atom is -0.0776 e. The van der Waals surface area contributed by atoms with Crippen molar-refractivity contribution in [2.24, 2.45) is 11.8 Å². The highest BCUT2D eigenvalue weighted by atomic mass is 14.2. The van der Waals surface area contributed by atoms with Crippen LogP contribution in [0, 0.1) is 11.8 Å². The molecule has 0 atom stereocenters. The van der Waals surface area contributed by atoms with Crippen LogP contribution in [0.25, 0.3) is 0 Å². The van der Waals surface area contributed by atoms with Gasteiger partial charge in [0.05, 0.1) is 0 Å². The Morgan fingerprint density at radius 2 is 1.05 bits per heavy atom. The molecule has 0 aromatic heterocycles. The smallest absolute Gasteiger partial charge is 0.0414 e. The number of unbranched alkanes of at least 4 members (excludes halogenated alkanes) is 1. The number of hydrogen-bond donors (Lipinski definition) is 0. The van der Waals surface area contributed by atoms with Crippen molar-refractivity contribution in [3.8, 4) is 0 Å². The fourth-order valence-corrected chi connectivity index (χ4v) is 3.85. The van der Waals surface area contributed by atoms with Gasteiger partial charge in [-0.15, -0.1) is 0 Å². The lowest BCUT2D eigenvalue weighted by Crippen LogP contribution is -2.05. The van der Waals surface area contributed by atoms with E-state index in [9.17, 15) is 0 Å². The van der Waals surface area contributed by atoms with E-state index >= 15 is 0 Å². The first-order chi connectivity index (χ1) is 9.36. The Hall–Kier alpha value is 0. The zero-order valence-corrected chi connectivity index (χ0v) is 13.8. The Morgan fingerprint density at radius 3 is 1.45 bits per heavy atom. The molecule has 0 unspecified atom stereocenters. The predicted octanol–water partition coefficient (Wildman–Crippen LogP) is 7.76. The van der Waals surface area contributed by atoms with Crippen LogP contribution < -0.4 is 0 Å². The molecule has 0 bridgehead atoms. The molecular weight excluding hydrogens is 240 g/mol. The second-order valence-corrected chi connectivity index (χ2v) is 6.94. The van der Waals surface area contributed by atoms with Crippen molar-refractivity contribution in [3.05, 3.63) is 0 Å². The van der Waals surface area contributed by atoms with Crippen molar-refractivity contribution in [1.29, 1.82) is 0 Å². The Balaban J connectivity index is 0.000000345. The first-order valence-electron chi connectivity index (χ1n) is 9.36. The summed E-state index contributed by atoms with van der Waals surface area (Å²) in [5, 5.41) is 0. The maximum absolute atomic E-state index is 2.30. The van der Waals surface area contributed by atoms with E-state index in [1.165, 1.54) is 96.3 Å². The number of rotatable bonds is 5. The molecule has 0 aliphatic heterocycles. The molecular formula is C20H42. The minimum atomic E-state index is 0. The van der Waals surface area contributed by atoms with Crippen molar-refractivity contribution in [2.45, 2.75) is 118 Å². The molecule has 2 aliphatic rings. The topological polar surface area (TPSA) is 0 Å². The molecule has 0 N–H and O–H groups in total. The summed E-state index contributed by atoms with van der Waals surface area (Å²) in [4.78, 5) is 0. The third-order valence-corrected chi connectivity index (χ3v) is 5.11. The summed E-state index contributed by atoms with van der Waals surface area (Å²) in [5.41, 5.74) is 0. The van der Waals surface area contributed by atoms with Crippen molar-refractivity contribution >= 4 is 0 Å². The molecule has 0 spiro atoms. The predicted molar refractivity (Wildman–Crippen MR) is 94.3 cm³/mol. The molecule has 0 radical (unpaired) electrons. The van der Waals surface area contributed by atoms with Gasteiger partial charge in [0.2, 0.25) is 0 Å². The molecule has 0 heterocycles. The Bertz CT molecular complexity index is 170. The van der Waals surface area contributed by atoms with Crippen molar-refractivity contribution < 1.29 is 0 Å². The van der Waals surface area contributed by atoms with Crippen LogP contribution in [0.1, 0.15) is 118 Å². The van der Waals surface area contributed by atoms with Crippen LogP contribution in [-0.4, -0.2) is 0 Å². The fraction of sp³-hybridized carbons (Fsp3) is 1.00. The van der Waals surface area contributed by atoms with Gasteiger partial charge in [-0.2, -0.15) is 0 Å². The minimum absolute atomic E-state index is 0. The first kappa shape index (κ1) is 20.0. The van der Waals surface area contributed by atoms with Gasteiger partial charge < -0.3 is 0 Å². The molecule has 2 fully saturated rings. The van der Waals surface area contributed by atoms with Gasteiger partial charge in [0, 0.05) is 0 Å². The zero-order valence-electron chi connectivity index (χ0n) is 13.8. The van der Waals surface area contributed by atoms with E-state index in [-0.39, 0.29) is 7.43 Å². The summed E-state index contributed by atoms with van der Waals surface area (Å²) in [6, 6.07) is 0. The summed E-state index contributed by atoms with van der Waals surface area (Å²) < 4.78 is 0. The lowest BCUT2D eigenvalue weighted by Gasteiger charge is -2.20. The highest BCUT2D eigenvalue weighted by Gasteiger charge is 2.12. The molecule has 122 valence electrons. The molecule has 0 heteroatoms. The van der Waals surface area contributed by atoms with Gasteiger partial charge in [0.1, 0.15) is 0 Å². The van der Waals surface area contributed by atoms with E-state index in [1.807, 2.05) is 0 Å². The van der Waals surface area contributed by atoms with E-state index < -0.39 is 0 Å². The zero-order chi connectivity index (χ0) is 13.8. The third-order valence-electron chi connectivity index (χ3n) is 5.11. The van der Waals surface area contributed by atoms with E-state index in [0.29, 0.717) is 0 Å². The van der Waals surface area contributed by atoms with Gasteiger partial charge in [0.25, 0.3) is 0 Å². The van der Waals surface area contributed by atoms with E-state index in [0.717, 1.165) is 11.8 Å². The second-order valence-electron chi connectivity index (χ2n) is 6.94.